The van der Waals surface area contributed by atoms with Crippen LogP contribution in [0.15, 0.2) is 66.0 Å². The molecule has 1 fully saturated rings. The lowest BCUT2D eigenvalue weighted by Gasteiger charge is -2.28. The van der Waals surface area contributed by atoms with Crippen LogP contribution in [0.4, 0.5) is 5.82 Å². The Kier molecular flexibility index (Phi) is 7.80. The van der Waals surface area contributed by atoms with Crippen LogP contribution in [0.1, 0.15) is 38.7 Å². The van der Waals surface area contributed by atoms with Gasteiger partial charge in [0.15, 0.2) is 9.84 Å². The molecule has 5 rings (SSSR count). The van der Waals surface area contributed by atoms with Crippen LogP contribution in [0.5, 0.6) is 0 Å². The zero-order chi connectivity index (χ0) is 27.4. The van der Waals surface area contributed by atoms with Gasteiger partial charge in [0, 0.05) is 52.3 Å². The van der Waals surface area contributed by atoms with Gasteiger partial charge >= 0.3 is 0 Å². The first-order valence-corrected chi connectivity index (χ1v) is 14.7. The van der Waals surface area contributed by atoms with Crippen molar-refractivity contribution in [3.05, 3.63) is 72.3 Å². The molecular weight excluding hydrogens is 516 g/mol. The molecule has 1 unspecified atom stereocenters. The molecule has 4 aromatic heterocycles. The summed E-state index contributed by atoms with van der Waals surface area (Å²) in [5, 5.41) is 7.17. The number of fused-ring (bicyclic) bond motifs is 1. The van der Waals surface area contributed by atoms with E-state index in [1.807, 2.05) is 36.4 Å². The Morgan fingerprint density at radius 1 is 1.08 bits per heavy atom. The molecule has 0 aliphatic carbocycles. The summed E-state index contributed by atoms with van der Waals surface area (Å²) in [7, 11) is -3.47. The number of sulfone groups is 1. The molecule has 1 aliphatic rings. The second kappa shape index (κ2) is 11.4. The van der Waals surface area contributed by atoms with Crippen molar-refractivity contribution in [1.29, 1.82) is 0 Å². The highest BCUT2D eigenvalue weighted by Crippen LogP contribution is 2.24. The minimum absolute atomic E-state index is 0. The van der Waals surface area contributed by atoms with Gasteiger partial charge in [0.25, 0.3) is 5.91 Å². The molecule has 10 nitrogen and oxygen atoms in total. The number of hydrogen-bond acceptors (Lipinski definition) is 9. The van der Waals surface area contributed by atoms with Crippen molar-refractivity contribution in [2.75, 3.05) is 24.8 Å². The highest BCUT2D eigenvalue weighted by atomic mass is 32.2. The Morgan fingerprint density at radius 2 is 1.87 bits per heavy atom. The Labute approximate surface area is 230 Å². The van der Waals surface area contributed by atoms with E-state index in [4.69, 9.17) is 14.7 Å². The zero-order valence-corrected chi connectivity index (χ0v) is 22.6. The molecule has 1 aliphatic heterocycles. The third-order valence-corrected chi connectivity index (χ3v) is 7.90. The van der Waals surface area contributed by atoms with Crippen LogP contribution in [0.25, 0.3) is 22.3 Å². The molecule has 206 valence electrons. The summed E-state index contributed by atoms with van der Waals surface area (Å²) in [5.41, 5.74) is 2.98. The van der Waals surface area contributed by atoms with E-state index in [-0.39, 0.29) is 25.9 Å². The van der Waals surface area contributed by atoms with E-state index >= 15 is 0 Å². The SMILES string of the molecule is CC(Nc1cccc(-c2ccc3cnc(CNC(=O)c4cncc(S(C)(=O)=O)c4)cc3n2)n1)C1CCOCC1.[HH].[HH]. The maximum atomic E-state index is 12.6. The minimum Gasteiger partial charge on any atom is -0.381 e. The first-order valence-electron chi connectivity index (χ1n) is 12.8. The molecule has 0 aromatic carbocycles. The summed E-state index contributed by atoms with van der Waals surface area (Å²) in [4.78, 5) is 30.5. The molecule has 0 spiro atoms. The fraction of sp³-hybridized carbons (Fsp3) is 0.321. The Bertz CT molecular complexity index is 1620. The first-order chi connectivity index (χ1) is 18.8. The number of rotatable bonds is 8. The predicted octanol–water partition coefficient (Wildman–Crippen LogP) is 4.14. The van der Waals surface area contributed by atoms with Gasteiger partial charge in [-0.1, -0.05) is 6.07 Å². The van der Waals surface area contributed by atoms with E-state index in [0.29, 0.717) is 11.6 Å². The van der Waals surface area contributed by atoms with Crippen LogP contribution >= 0.6 is 0 Å². The number of carbonyl (C=O) groups excluding carboxylic acids is 1. The number of amides is 1. The third-order valence-electron chi connectivity index (χ3n) is 6.82. The lowest BCUT2D eigenvalue weighted by molar-refractivity contribution is 0.0622. The van der Waals surface area contributed by atoms with Crippen molar-refractivity contribution in [3.8, 4) is 11.4 Å². The van der Waals surface area contributed by atoms with Crippen molar-refractivity contribution in [2.24, 2.45) is 5.92 Å². The fourth-order valence-corrected chi connectivity index (χ4v) is 5.13. The van der Waals surface area contributed by atoms with Gasteiger partial charge in [0.05, 0.1) is 39.6 Å². The van der Waals surface area contributed by atoms with E-state index in [2.05, 4.69) is 27.5 Å². The predicted molar refractivity (Wildman–Crippen MR) is 152 cm³/mol. The van der Waals surface area contributed by atoms with Crippen LogP contribution in [-0.2, 0) is 21.1 Å². The standard InChI is InChI=1S/C28H30N6O4S.2H2/c1-18(19-8-10-38-11-9-19)32-27-5-3-4-24(34-27)25-7-6-20-15-30-22(13-26(20)33-25)16-31-28(35)21-12-23(17-29-14-21)39(2,36)37;;/h3-7,12-15,17-19H,8-11,16H2,1-2H3,(H,31,35)(H,32,34);2*1H. The number of anilines is 1. The second-order valence-electron chi connectivity index (χ2n) is 9.72. The average molecular weight is 551 g/mol. The second-order valence-corrected chi connectivity index (χ2v) is 11.7. The van der Waals surface area contributed by atoms with Crippen LogP contribution in [0, 0.1) is 5.92 Å². The summed E-state index contributed by atoms with van der Waals surface area (Å²) in [5.74, 6) is 0.912. The first kappa shape index (κ1) is 26.6. The molecule has 39 heavy (non-hydrogen) atoms. The van der Waals surface area contributed by atoms with Crippen molar-refractivity contribution in [1.82, 2.24) is 25.3 Å². The van der Waals surface area contributed by atoms with Crippen molar-refractivity contribution >= 4 is 32.5 Å². The Balaban J connectivity index is 0.00000231. The number of carbonyl (C=O) groups is 1. The van der Waals surface area contributed by atoms with Crippen molar-refractivity contribution < 1.29 is 20.8 Å². The molecule has 1 saturated heterocycles. The number of nitrogens with one attached hydrogen (secondary N) is 2. The summed E-state index contributed by atoms with van der Waals surface area (Å²) >= 11 is 0. The maximum Gasteiger partial charge on any atom is 0.253 e. The maximum absolute atomic E-state index is 12.6. The van der Waals surface area contributed by atoms with Crippen LogP contribution in [0.3, 0.4) is 0 Å². The quantitative estimate of drug-likeness (QED) is 0.332. The number of nitrogens with zero attached hydrogens (tertiary/aromatic N) is 4. The monoisotopic (exact) mass is 550 g/mol. The molecular formula is C28H34N6O4S. The van der Waals surface area contributed by atoms with Gasteiger partial charge in [-0.25, -0.2) is 18.4 Å². The molecule has 5 heterocycles. The molecule has 11 heteroatoms. The lowest BCUT2D eigenvalue weighted by Crippen LogP contribution is -2.31. The van der Waals surface area contributed by atoms with Crippen molar-refractivity contribution in [3.63, 3.8) is 0 Å². The van der Waals surface area contributed by atoms with Gasteiger partial charge in [0.2, 0.25) is 0 Å². The molecule has 1 amide bonds. The number of ether oxygens (including phenoxy) is 1. The van der Waals surface area contributed by atoms with Gasteiger partial charge in [-0.2, -0.15) is 0 Å². The van der Waals surface area contributed by atoms with E-state index in [0.717, 1.165) is 60.4 Å². The van der Waals surface area contributed by atoms with Crippen LogP contribution in [-0.4, -0.2) is 59.8 Å². The van der Waals surface area contributed by atoms with Gasteiger partial charge in [-0.15, -0.1) is 0 Å². The van der Waals surface area contributed by atoms with Crippen LogP contribution in [0.2, 0.25) is 0 Å². The molecule has 2 N–H and O–H groups in total. The topological polar surface area (TPSA) is 136 Å². The summed E-state index contributed by atoms with van der Waals surface area (Å²) in [6.07, 6.45) is 7.41. The minimum atomic E-state index is -3.47. The normalized spacial score (nSPS) is 15.1. The molecule has 0 bridgehead atoms. The average Bonchev–Trinajstić information content (AvgIpc) is 2.95. The third kappa shape index (κ3) is 6.55. The van der Waals surface area contributed by atoms with E-state index in [9.17, 15) is 13.2 Å². The molecule has 0 saturated carbocycles. The highest BCUT2D eigenvalue weighted by Gasteiger charge is 2.21. The summed E-state index contributed by atoms with van der Waals surface area (Å²) in [6.45, 7) is 3.94. The fourth-order valence-electron chi connectivity index (χ4n) is 4.54. The number of aromatic nitrogens is 4. The number of hydrogen-bond donors (Lipinski definition) is 2. The lowest BCUT2D eigenvalue weighted by atomic mass is 9.93. The van der Waals surface area contributed by atoms with Gasteiger partial charge < -0.3 is 15.4 Å². The summed E-state index contributed by atoms with van der Waals surface area (Å²) < 4.78 is 29.0. The smallest absolute Gasteiger partial charge is 0.253 e. The molecule has 4 aromatic rings. The van der Waals surface area contributed by atoms with E-state index in [1.54, 1.807) is 6.20 Å². The zero-order valence-electron chi connectivity index (χ0n) is 21.8. The molecule has 1 atom stereocenters. The van der Waals surface area contributed by atoms with Crippen molar-refractivity contribution in [2.45, 2.75) is 37.2 Å². The largest absolute Gasteiger partial charge is 0.381 e. The molecule has 0 radical (unpaired) electrons. The van der Waals surface area contributed by atoms with Gasteiger partial charge in [0.1, 0.15) is 5.82 Å². The van der Waals surface area contributed by atoms with Gasteiger partial charge in [-0.05, 0) is 62.1 Å². The Hall–Kier alpha value is -3.96. The van der Waals surface area contributed by atoms with E-state index < -0.39 is 15.7 Å². The van der Waals surface area contributed by atoms with Gasteiger partial charge in [-0.3, -0.25) is 14.8 Å². The Morgan fingerprint density at radius 3 is 2.67 bits per heavy atom. The van der Waals surface area contributed by atoms with Crippen LogP contribution < -0.4 is 10.6 Å². The highest BCUT2D eigenvalue weighted by molar-refractivity contribution is 7.90. The summed E-state index contributed by atoms with van der Waals surface area (Å²) in [6, 6.07) is 13.1. The number of pyridine rings is 4. The van der Waals surface area contributed by atoms with E-state index in [1.165, 1.54) is 18.5 Å².